The number of nitrogens with two attached hydrogens (primary N) is 2. The number of phenolic OH excluding ortho intramolecular Hbond substituents is 1. The van der Waals surface area contributed by atoms with Crippen molar-refractivity contribution >= 4 is 35.6 Å². The molecule has 37 heavy (non-hydrogen) atoms. The molecule has 1 aromatic rings. The van der Waals surface area contributed by atoms with Crippen LogP contribution in [0, 0.1) is 0 Å². The number of hydrogen-bond acceptors (Lipinski definition) is 9. The van der Waals surface area contributed by atoms with E-state index in [-0.39, 0.29) is 25.0 Å². The summed E-state index contributed by atoms with van der Waals surface area (Å²) >= 11 is 0. The van der Waals surface area contributed by atoms with Crippen LogP contribution in [0.3, 0.4) is 0 Å². The highest BCUT2D eigenvalue weighted by Gasteiger charge is 2.32. The molecular formula is C22H31N5O10. The first-order valence-corrected chi connectivity index (χ1v) is 11.1. The van der Waals surface area contributed by atoms with E-state index in [1.807, 2.05) is 0 Å². The van der Waals surface area contributed by atoms with Crippen LogP contribution in [0.4, 0.5) is 0 Å². The second-order valence-corrected chi connectivity index (χ2v) is 8.27. The number of aliphatic carboxylic acids is 2. The minimum Gasteiger partial charge on any atom is -0.508 e. The Hall–Kier alpha value is -4.24. The van der Waals surface area contributed by atoms with E-state index in [0.29, 0.717) is 5.56 Å². The van der Waals surface area contributed by atoms with Crippen LogP contribution in [0.1, 0.15) is 31.7 Å². The first-order valence-electron chi connectivity index (χ1n) is 11.1. The zero-order valence-corrected chi connectivity index (χ0v) is 19.9. The standard InChI is InChI=1S/C22H31N5O10/c1-10(28)18(22(36)37)27-20(34)14(6-7-16(24)30)25-21(35)15(8-11-2-4-12(29)5-3-11)26-19(33)13(23)9-17(31)32/h2-5,10,13-15,18,28-29H,6-9,23H2,1H3,(H2,24,30)(H,25,35)(H,26,33)(H,27,34)(H,31,32)(H,36,37). The van der Waals surface area contributed by atoms with Gasteiger partial charge in [0.2, 0.25) is 23.6 Å². The topological polar surface area (TPSA) is 271 Å². The summed E-state index contributed by atoms with van der Waals surface area (Å²) in [6.07, 6.45) is -3.10. The van der Waals surface area contributed by atoms with Crippen molar-refractivity contribution in [3.63, 3.8) is 0 Å². The Morgan fingerprint density at radius 3 is 1.92 bits per heavy atom. The molecule has 0 aliphatic heterocycles. The predicted octanol–water partition coefficient (Wildman–Crippen LogP) is -3.08. The first kappa shape index (κ1) is 30.8. The van der Waals surface area contributed by atoms with Gasteiger partial charge in [0.05, 0.1) is 18.6 Å². The zero-order chi connectivity index (χ0) is 28.3. The number of amides is 4. The van der Waals surface area contributed by atoms with E-state index in [9.17, 15) is 44.1 Å². The molecule has 0 radical (unpaired) electrons. The molecular weight excluding hydrogens is 494 g/mol. The van der Waals surface area contributed by atoms with Gasteiger partial charge in [-0.1, -0.05) is 12.1 Å². The fraction of sp³-hybridized carbons (Fsp3) is 0.455. The van der Waals surface area contributed by atoms with Crippen LogP contribution in [0.5, 0.6) is 5.75 Å². The summed E-state index contributed by atoms with van der Waals surface area (Å²) in [7, 11) is 0. The van der Waals surface area contributed by atoms with Gasteiger partial charge in [-0.2, -0.15) is 0 Å². The molecule has 0 fully saturated rings. The Labute approximate surface area is 211 Å². The normalized spacial score (nSPS) is 14.8. The summed E-state index contributed by atoms with van der Waals surface area (Å²) in [5.41, 5.74) is 11.2. The van der Waals surface area contributed by atoms with Crippen molar-refractivity contribution in [2.24, 2.45) is 11.5 Å². The first-order chi connectivity index (χ1) is 17.2. The van der Waals surface area contributed by atoms with Gasteiger partial charge in [0.15, 0.2) is 6.04 Å². The number of phenols is 1. The van der Waals surface area contributed by atoms with E-state index in [1.165, 1.54) is 24.3 Å². The van der Waals surface area contributed by atoms with Crippen LogP contribution >= 0.6 is 0 Å². The molecule has 0 saturated carbocycles. The minimum atomic E-state index is -1.72. The third-order valence-electron chi connectivity index (χ3n) is 5.10. The van der Waals surface area contributed by atoms with E-state index in [0.717, 1.165) is 6.92 Å². The number of carbonyl (C=O) groups excluding carboxylic acids is 4. The van der Waals surface area contributed by atoms with E-state index >= 15 is 0 Å². The van der Waals surface area contributed by atoms with Crippen molar-refractivity contribution in [1.29, 1.82) is 0 Å². The van der Waals surface area contributed by atoms with E-state index in [4.69, 9.17) is 16.6 Å². The molecule has 0 aromatic heterocycles. The molecule has 0 saturated heterocycles. The Morgan fingerprint density at radius 1 is 0.892 bits per heavy atom. The maximum Gasteiger partial charge on any atom is 0.328 e. The van der Waals surface area contributed by atoms with E-state index < -0.39 is 72.3 Å². The summed E-state index contributed by atoms with van der Waals surface area (Å²) in [4.78, 5) is 71.7. The average molecular weight is 526 g/mol. The van der Waals surface area contributed by atoms with Crippen molar-refractivity contribution < 1.29 is 49.2 Å². The van der Waals surface area contributed by atoms with Gasteiger partial charge < -0.3 is 47.8 Å². The molecule has 4 amide bonds. The van der Waals surface area contributed by atoms with Crippen molar-refractivity contribution in [1.82, 2.24) is 16.0 Å². The largest absolute Gasteiger partial charge is 0.508 e. The molecule has 5 unspecified atom stereocenters. The monoisotopic (exact) mass is 525 g/mol. The minimum absolute atomic E-state index is 0.0634. The smallest absolute Gasteiger partial charge is 0.328 e. The number of nitrogens with one attached hydrogen (secondary N) is 3. The highest BCUT2D eigenvalue weighted by Crippen LogP contribution is 2.12. The number of benzene rings is 1. The number of primary amides is 1. The summed E-state index contributed by atoms with van der Waals surface area (Å²) in [5, 5.41) is 43.9. The van der Waals surface area contributed by atoms with Gasteiger partial charge in [0.25, 0.3) is 0 Å². The van der Waals surface area contributed by atoms with Crippen LogP contribution in [0.2, 0.25) is 0 Å². The lowest BCUT2D eigenvalue weighted by Crippen LogP contribution is -2.58. The lowest BCUT2D eigenvalue weighted by molar-refractivity contribution is -0.145. The molecule has 0 spiro atoms. The molecule has 11 N–H and O–H groups in total. The maximum absolute atomic E-state index is 13.1. The predicted molar refractivity (Wildman–Crippen MR) is 126 cm³/mol. The van der Waals surface area contributed by atoms with Crippen LogP contribution in [0.15, 0.2) is 24.3 Å². The number of aliphatic hydroxyl groups excluding tert-OH is 1. The number of carbonyl (C=O) groups is 6. The molecule has 0 aliphatic carbocycles. The Bertz CT molecular complexity index is 998. The molecule has 0 aliphatic rings. The molecule has 1 rings (SSSR count). The van der Waals surface area contributed by atoms with Gasteiger partial charge in [-0.25, -0.2) is 4.79 Å². The second kappa shape index (κ2) is 14.4. The highest BCUT2D eigenvalue weighted by molar-refractivity contribution is 5.95. The molecule has 0 bridgehead atoms. The van der Waals surface area contributed by atoms with Gasteiger partial charge in [0.1, 0.15) is 17.8 Å². The van der Waals surface area contributed by atoms with Crippen molar-refractivity contribution in [2.45, 2.75) is 62.9 Å². The van der Waals surface area contributed by atoms with Crippen LogP contribution < -0.4 is 27.4 Å². The molecule has 0 heterocycles. The molecule has 1 aromatic carbocycles. The number of carboxylic acid groups (broad SMARTS) is 2. The van der Waals surface area contributed by atoms with Gasteiger partial charge in [0, 0.05) is 12.8 Å². The average Bonchev–Trinajstić information content (AvgIpc) is 2.79. The number of carboxylic acids is 2. The van der Waals surface area contributed by atoms with E-state index in [1.54, 1.807) is 0 Å². The van der Waals surface area contributed by atoms with Crippen molar-refractivity contribution in [2.75, 3.05) is 0 Å². The third kappa shape index (κ3) is 10.9. The number of hydrogen-bond donors (Lipinski definition) is 9. The maximum atomic E-state index is 13.1. The fourth-order valence-electron chi connectivity index (χ4n) is 3.11. The molecule has 5 atom stereocenters. The Balaban J connectivity index is 3.18. The lowest BCUT2D eigenvalue weighted by atomic mass is 10.0. The Morgan fingerprint density at radius 2 is 1.43 bits per heavy atom. The third-order valence-corrected chi connectivity index (χ3v) is 5.10. The van der Waals surface area contributed by atoms with Gasteiger partial charge in [-0.3, -0.25) is 24.0 Å². The lowest BCUT2D eigenvalue weighted by Gasteiger charge is -2.25. The van der Waals surface area contributed by atoms with E-state index in [2.05, 4.69) is 16.0 Å². The SMILES string of the molecule is CC(O)C(NC(=O)C(CCC(N)=O)NC(=O)C(Cc1ccc(O)cc1)NC(=O)C(N)CC(=O)O)C(=O)O. The zero-order valence-electron chi connectivity index (χ0n) is 19.9. The highest BCUT2D eigenvalue weighted by atomic mass is 16.4. The molecule has 15 nitrogen and oxygen atoms in total. The quantitative estimate of drug-likeness (QED) is 0.111. The van der Waals surface area contributed by atoms with Crippen LogP contribution in [-0.4, -0.2) is 86.3 Å². The number of rotatable bonds is 15. The summed E-state index contributed by atoms with van der Waals surface area (Å²) in [6.45, 7) is 1.12. The number of aliphatic hydroxyl groups is 1. The molecule has 15 heteroatoms. The van der Waals surface area contributed by atoms with Gasteiger partial charge >= 0.3 is 11.9 Å². The number of aromatic hydroxyl groups is 1. The van der Waals surface area contributed by atoms with Crippen molar-refractivity contribution in [3.05, 3.63) is 29.8 Å². The van der Waals surface area contributed by atoms with Crippen molar-refractivity contribution in [3.8, 4) is 5.75 Å². The fourth-order valence-corrected chi connectivity index (χ4v) is 3.11. The Kier molecular flexibility index (Phi) is 11.9. The molecule has 204 valence electrons. The van der Waals surface area contributed by atoms with Gasteiger partial charge in [-0.05, 0) is 31.0 Å². The summed E-state index contributed by atoms with van der Waals surface area (Å²) in [6, 6.07) is -0.542. The van der Waals surface area contributed by atoms with Crippen LogP contribution in [-0.2, 0) is 35.2 Å². The summed E-state index contributed by atoms with van der Waals surface area (Å²) in [5.74, 6) is -6.74. The second-order valence-electron chi connectivity index (χ2n) is 8.27. The van der Waals surface area contributed by atoms with Gasteiger partial charge in [-0.15, -0.1) is 0 Å². The van der Waals surface area contributed by atoms with Crippen LogP contribution in [0.25, 0.3) is 0 Å². The summed E-state index contributed by atoms with van der Waals surface area (Å²) < 4.78 is 0.